The van der Waals surface area contributed by atoms with Crippen LogP contribution < -0.4 is 5.73 Å². The molecule has 0 spiro atoms. The first-order valence-corrected chi connectivity index (χ1v) is 6.62. The molecule has 4 nitrogen and oxygen atoms in total. The minimum atomic E-state index is 0.0327. The molecule has 1 unspecified atom stereocenters. The van der Waals surface area contributed by atoms with E-state index in [1.807, 2.05) is 14.0 Å². The molecule has 2 heterocycles. The lowest BCUT2D eigenvalue weighted by Crippen LogP contribution is -2.33. The van der Waals surface area contributed by atoms with Crippen LogP contribution in [0.25, 0.3) is 0 Å². The topological polar surface area (TPSA) is 55.6 Å². The largest absolute Gasteiger partial charge is 0.398 e. The number of carbonyl (C=O) groups excluding carboxylic acids is 1. The smallest absolute Gasteiger partial charge is 0.263 e. The summed E-state index contributed by atoms with van der Waals surface area (Å²) in [6, 6.07) is 1.76. The molecular weight excluding hydrogens is 236 g/mol. The number of hydrogen-bond donors (Lipinski definition) is 1. The van der Waals surface area contributed by atoms with Gasteiger partial charge in [0.05, 0.1) is 11.0 Å². The van der Waals surface area contributed by atoms with E-state index in [-0.39, 0.29) is 12.0 Å². The normalized spacial score (nSPS) is 19.5. The number of ether oxygens (including phenoxy) is 1. The highest BCUT2D eigenvalue weighted by atomic mass is 32.1. The van der Waals surface area contributed by atoms with Crippen LogP contribution in [0.3, 0.4) is 0 Å². The van der Waals surface area contributed by atoms with Gasteiger partial charge in [-0.3, -0.25) is 4.79 Å². The van der Waals surface area contributed by atoms with Crippen LogP contribution in [-0.2, 0) is 4.74 Å². The third-order valence-corrected chi connectivity index (χ3v) is 4.07. The van der Waals surface area contributed by atoms with Crippen molar-refractivity contribution in [2.24, 2.45) is 0 Å². The zero-order valence-corrected chi connectivity index (χ0v) is 11.0. The first-order valence-electron chi connectivity index (χ1n) is 5.81. The summed E-state index contributed by atoms with van der Waals surface area (Å²) in [5.74, 6) is 0.0327. The van der Waals surface area contributed by atoms with Crippen molar-refractivity contribution < 1.29 is 9.53 Å². The molecule has 2 rings (SSSR count). The Morgan fingerprint density at radius 3 is 3.00 bits per heavy atom. The fraction of sp³-hybridized carbons (Fsp3) is 0.583. The molecule has 1 aliphatic heterocycles. The Labute approximate surface area is 105 Å². The van der Waals surface area contributed by atoms with E-state index in [4.69, 9.17) is 10.5 Å². The number of nitrogens with two attached hydrogens (primary N) is 1. The standard InChI is InChI=1S/C12H18N2O2S/c1-8-10(13)6-11(17-8)12(15)14(2)7-9-4-3-5-16-9/h6,9H,3-5,7,13H2,1-2H3. The van der Waals surface area contributed by atoms with Crippen molar-refractivity contribution in [3.05, 3.63) is 15.8 Å². The summed E-state index contributed by atoms with van der Waals surface area (Å²) in [6.45, 7) is 3.41. The van der Waals surface area contributed by atoms with Crippen molar-refractivity contribution >= 4 is 22.9 Å². The van der Waals surface area contributed by atoms with Crippen molar-refractivity contribution in [3.63, 3.8) is 0 Å². The summed E-state index contributed by atoms with van der Waals surface area (Å²) >= 11 is 1.45. The minimum Gasteiger partial charge on any atom is -0.398 e. The van der Waals surface area contributed by atoms with Gasteiger partial charge in [-0.1, -0.05) is 0 Å². The van der Waals surface area contributed by atoms with Crippen molar-refractivity contribution in [2.45, 2.75) is 25.9 Å². The van der Waals surface area contributed by atoms with E-state index >= 15 is 0 Å². The molecule has 5 heteroatoms. The Hall–Kier alpha value is -1.07. The number of amides is 1. The molecule has 0 saturated carbocycles. The number of carbonyl (C=O) groups is 1. The maximum absolute atomic E-state index is 12.1. The van der Waals surface area contributed by atoms with Gasteiger partial charge in [0.15, 0.2) is 0 Å². The second-order valence-electron chi connectivity index (χ2n) is 4.44. The summed E-state index contributed by atoms with van der Waals surface area (Å²) in [5, 5.41) is 0. The van der Waals surface area contributed by atoms with E-state index in [9.17, 15) is 4.79 Å². The number of thiophene rings is 1. The Morgan fingerprint density at radius 2 is 2.47 bits per heavy atom. The first-order chi connectivity index (χ1) is 8.08. The lowest BCUT2D eigenvalue weighted by molar-refractivity contribution is 0.0590. The summed E-state index contributed by atoms with van der Waals surface area (Å²) in [7, 11) is 1.81. The molecule has 1 aromatic heterocycles. The third kappa shape index (κ3) is 2.79. The van der Waals surface area contributed by atoms with Gasteiger partial charge < -0.3 is 15.4 Å². The van der Waals surface area contributed by atoms with Crippen LogP contribution in [0, 0.1) is 6.92 Å². The minimum absolute atomic E-state index is 0.0327. The molecule has 1 fully saturated rings. The quantitative estimate of drug-likeness (QED) is 0.896. The average molecular weight is 254 g/mol. The van der Waals surface area contributed by atoms with E-state index < -0.39 is 0 Å². The molecule has 1 atom stereocenters. The highest BCUT2D eigenvalue weighted by Gasteiger charge is 2.22. The van der Waals surface area contributed by atoms with Crippen LogP contribution in [0.15, 0.2) is 6.07 Å². The summed E-state index contributed by atoms with van der Waals surface area (Å²) in [6.07, 6.45) is 2.34. The van der Waals surface area contributed by atoms with Crippen molar-refractivity contribution in [3.8, 4) is 0 Å². The Bertz CT molecular complexity index is 391. The molecule has 1 amide bonds. The number of hydrogen-bond acceptors (Lipinski definition) is 4. The van der Waals surface area contributed by atoms with Gasteiger partial charge in [-0.2, -0.15) is 0 Å². The average Bonchev–Trinajstić information content (AvgIpc) is 2.89. The van der Waals surface area contributed by atoms with Crippen LogP contribution in [0.1, 0.15) is 27.4 Å². The fourth-order valence-electron chi connectivity index (χ4n) is 1.97. The van der Waals surface area contributed by atoms with Gasteiger partial charge in [0.25, 0.3) is 5.91 Å². The highest BCUT2D eigenvalue weighted by Crippen LogP contribution is 2.24. The van der Waals surface area contributed by atoms with Crippen LogP contribution in [0.4, 0.5) is 5.69 Å². The molecule has 94 valence electrons. The lowest BCUT2D eigenvalue weighted by atomic mass is 10.2. The maximum atomic E-state index is 12.1. The predicted molar refractivity (Wildman–Crippen MR) is 69.4 cm³/mol. The number of nitrogen functional groups attached to an aromatic ring is 1. The van der Waals surface area contributed by atoms with E-state index in [0.717, 1.165) is 24.3 Å². The number of likely N-dealkylation sites (N-methyl/N-ethyl adjacent to an activating group) is 1. The van der Waals surface area contributed by atoms with Gasteiger partial charge in [0, 0.05) is 30.8 Å². The molecule has 1 aromatic rings. The molecule has 0 radical (unpaired) electrons. The van der Waals surface area contributed by atoms with E-state index in [1.165, 1.54) is 11.3 Å². The van der Waals surface area contributed by atoms with Gasteiger partial charge in [0.1, 0.15) is 0 Å². The monoisotopic (exact) mass is 254 g/mol. The SMILES string of the molecule is Cc1sc(C(=O)N(C)CC2CCCO2)cc1N. The number of anilines is 1. The molecule has 0 aromatic carbocycles. The van der Waals surface area contributed by atoms with Gasteiger partial charge in [0.2, 0.25) is 0 Å². The zero-order valence-electron chi connectivity index (χ0n) is 10.2. The second kappa shape index (κ2) is 5.06. The molecule has 0 bridgehead atoms. The van der Waals surface area contributed by atoms with Gasteiger partial charge >= 0.3 is 0 Å². The summed E-state index contributed by atoms with van der Waals surface area (Å²) in [4.78, 5) is 15.6. The molecule has 0 aliphatic carbocycles. The molecule has 1 saturated heterocycles. The highest BCUT2D eigenvalue weighted by molar-refractivity contribution is 7.14. The fourth-order valence-corrected chi connectivity index (χ4v) is 2.90. The number of nitrogens with zero attached hydrogens (tertiary/aromatic N) is 1. The molecular formula is C12H18N2O2S. The number of rotatable bonds is 3. The zero-order chi connectivity index (χ0) is 12.4. The van der Waals surface area contributed by atoms with Crippen molar-refractivity contribution in [1.29, 1.82) is 0 Å². The number of aryl methyl sites for hydroxylation is 1. The summed E-state index contributed by atoms with van der Waals surface area (Å²) < 4.78 is 5.52. The predicted octanol–water partition coefficient (Wildman–Crippen LogP) is 1.89. The van der Waals surface area contributed by atoms with Crippen LogP contribution in [0.2, 0.25) is 0 Å². The summed E-state index contributed by atoms with van der Waals surface area (Å²) in [5.41, 5.74) is 6.46. The Balaban J connectivity index is 1.98. The maximum Gasteiger partial charge on any atom is 0.263 e. The molecule has 17 heavy (non-hydrogen) atoms. The first kappa shape index (κ1) is 12.4. The molecule has 1 aliphatic rings. The lowest BCUT2D eigenvalue weighted by Gasteiger charge is -2.20. The second-order valence-corrected chi connectivity index (χ2v) is 5.70. The van der Waals surface area contributed by atoms with Crippen molar-refractivity contribution in [1.82, 2.24) is 4.90 Å². The van der Waals surface area contributed by atoms with Crippen molar-refractivity contribution in [2.75, 3.05) is 25.9 Å². The van der Waals surface area contributed by atoms with Crippen LogP contribution >= 0.6 is 11.3 Å². The van der Waals surface area contributed by atoms with Gasteiger partial charge in [-0.15, -0.1) is 11.3 Å². The van der Waals surface area contributed by atoms with Gasteiger partial charge in [-0.25, -0.2) is 0 Å². The molecule has 2 N–H and O–H groups in total. The van der Waals surface area contributed by atoms with E-state index in [2.05, 4.69) is 0 Å². The van der Waals surface area contributed by atoms with Crippen LogP contribution in [0.5, 0.6) is 0 Å². The van der Waals surface area contributed by atoms with E-state index in [1.54, 1.807) is 11.0 Å². The van der Waals surface area contributed by atoms with Gasteiger partial charge in [-0.05, 0) is 25.8 Å². The Morgan fingerprint density at radius 1 is 1.71 bits per heavy atom. The van der Waals surface area contributed by atoms with E-state index in [0.29, 0.717) is 17.1 Å². The Kier molecular flexibility index (Phi) is 3.69. The third-order valence-electron chi connectivity index (χ3n) is 3.02. The van der Waals surface area contributed by atoms with Crippen LogP contribution in [-0.4, -0.2) is 37.1 Å².